The summed E-state index contributed by atoms with van der Waals surface area (Å²) in [5, 5.41) is 0. The number of hydrogen-bond donors (Lipinski definition) is 0. The highest BCUT2D eigenvalue weighted by molar-refractivity contribution is 5.96. The number of para-hydroxylation sites is 1. The number of amides is 1. The number of carbonyl (C=O) groups excluding carboxylic acids is 1. The summed E-state index contributed by atoms with van der Waals surface area (Å²) in [4.78, 5) is 25.9. The molecule has 1 amide bonds. The summed E-state index contributed by atoms with van der Waals surface area (Å²) >= 11 is 0. The summed E-state index contributed by atoms with van der Waals surface area (Å²) in [7, 11) is 0. The van der Waals surface area contributed by atoms with Crippen LogP contribution in [0, 0.1) is 0 Å². The van der Waals surface area contributed by atoms with Crippen LogP contribution in [-0.4, -0.2) is 60.0 Å². The van der Waals surface area contributed by atoms with Gasteiger partial charge in [0.1, 0.15) is 5.75 Å². The molecule has 1 aromatic heterocycles. The Balaban J connectivity index is 1.30. The molecule has 1 spiro atoms. The molecule has 1 aliphatic carbocycles. The van der Waals surface area contributed by atoms with Gasteiger partial charge >= 0.3 is 6.36 Å². The maximum atomic E-state index is 13.1. The van der Waals surface area contributed by atoms with Crippen LogP contribution in [0.3, 0.4) is 0 Å². The Morgan fingerprint density at radius 3 is 2.44 bits per heavy atom. The Kier molecular flexibility index (Phi) is 5.36. The number of halogens is 3. The Morgan fingerprint density at radius 1 is 1.03 bits per heavy atom. The SMILES string of the molecule is O=C(c1ccc2c(c1)N(c1ncc(-c3ccccc3OC(F)(F)F)cn1)CC21CC1)N1CCOCC1. The fourth-order valence-corrected chi connectivity index (χ4v) is 5.03. The molecule has 36 heavy (non-hydrogen) atoms. The van der Waals surface area contributed by atoms with Gasteiger partial charge in [0.15, 0.2) is 0 Å². The van der Waals surface area contributed by atoms with Gasteiger partial charge < -0.3 is 19.3 Å². The molecule has 0 atom stereocenters. The third kappa shape index (κ3) is 4.15. The van der Waals surface area contributed by atoms with Crippen LogP contribution in [0.25, 0.3) is 11.1 Å². The zero-order chi connectivity index (χ0) is 24.9. The number of fused-ring (bicyclic) bond motifs is 2. The van der Waals surface area contributed by atoms with E-state index < -0.39 is 6.36 Å². The van der Waals surface area contributed by atoms with E-state index >= 15 is 0 Å². The molecule has 0 N–H and O–H groups in total. The standard InChI is InChI=1S/C26H23F3N4O3/c27-26(28,29)36-22-4-2-1-3-19(22)18-14-30-24(31-15-18)33-16-25(7-8-25)20-6-5-17(13-21(20)33)23(34)32-9-11-35-12-10-32/h1-6,13-15H,7-12,16H2. The van der Waals surface area contributed by atoms with E-state index in [1.165, 1.54) is 36.2 Å². The van der Waals surface area contributed by atoms with Gasteiger partial charge in [-0.1, -0.05) is 24.3 Å². The molecule has 3 aromatic rings. The van der Waals surface area contributed by atoms with Crippen molar-refractivity contribution in [1.29, 1.82) is 0 Å². The number of morpholine rings is 1. The molecule has 10 heteroatoms. The predicted molar refractivity (Wildman–Crippen MR) is 125 cm³/mol. The van der Waals surface area contributed by atoms with Crippen molar-refractivity contribution in [3.8, 4) is 16.9 Å². The molecule has 3 aliphatic rings. The van der Waals surface area contributed by atoms with Crippen molar-refractivity contribution >= 4 is 17.5 Å². The molecular weight excluding hydrogens is 473 g/mol. The van der Waals surface area contributed by atoms with E-state index in [1.54, 1.807) is 11.0 Å². The topological polar surface area (TPSA) is 67.8 Å². The first-order chi connectivity index (χ1) is 17.3. The minimum Gasteiger partial charge on any atom is -0.405 e. The molecule has 186 valence electrons. The molecule has 0 unspecified atom stereocenters. The summed E-state index contributed by atoms with van der Waals surface area (Å²) in [6, 6.07) is 11.7. The van der Waals surface area contributed by atoms with Crippen LogP contribution < -0.4 is 9.64 Å². The van der Waals surface area contributed by atoms with Gasteiger partial charge in [0.25, 0.3) is 5.91 Å². The van der Waals surface area contributed by atoms with Crippen LogP contribution in [0.15, 0.2) is 54.9 Å². The van der Waals surface area contributed by atoms with Gasteiger partial charge in [-0.3, -0.25) is 4.79 Å². The second kappa shape index (κ2) is 8.48. The second-order valence-corrected chi connectivity index (χ2v) is 9.32. The van der Waals surface area contributed by atoms with Crippen molar-refractivity contribution in [1.82, 2.24) is 14.9 Å². The molecule has 0 bridgehead atoms. The second-order valence-electron chi connectivity index (χ2n) is 9.32. The lowest BCUT2D eigenvalue weighted by Crippen LogP contribution is -2.40. The molecule has 0 radical (unpaired) electrons. The lowest BCUT2D eigenvalue weighted by atomic mass is 9.97. The van der Waals surface area contributed by atoms with Crippen LogP contribution in [0.1, 0.15) is 28.8 Å². The van der Waals surface area contributed by atoms with E-state index in [9.17, 15) is 18.0 Å². The Labute approximate surface area is 205 Å². The third-order valence-corrected chi connectivity index (χ3v) is 7.02. The summed E-state index contributed by atoms with van der Waals surface area (Å²) in [6.45, 7) is 2.89. The van der Waals surface area contributed by atoms with Crippen LogP contribution in [0.2, 0.25) is 0 Å². The number of alkyl halides is 3. The smallest absolute Gasteiger partial charge is 0.405 e. The molecule has 2 aromatic carbocycles. The molecular formula is C26H23F3N4O3. The van der Waals surface area contributed by atoms with Crippen LogP contribution >= 0.6 is 0 Å². The number of benzene rings is 2. The number of rotatable bonds is 4. The van der Waals surface area contributed by atoms with Gasteiger partial charge in [-0.15, -0.1) is 13.2 Å². The highest BCUT2D eigenvalue weighted by atomic mass is 19.4. The summed E-state index contributed by atoms with van der Waals surface area (Å²) in [5.74, 6) is 0.0976. The van der Waals surface area contributed by atoms with Crippen LogP contribution in [0.4, 0.5) is 24.8 Å². The van der Waals surface area contributed by atoms with E-state index in [0.29, 0.717) is 49.9 Å². The Hall–Kier alpha value is -3.66. The van der Waals surface area contributed by atoms with E-state index in [-0.39, 0.29) is 22.6 Å². The van der Waals surface area contributed by atoms with Crippen LogP contribution in [-0.2, 0) is 10.2 Å². The van der Waals surface area contributed by atoms with Crippen molar-refractivity contribution < 1.29 is 27.4 Å². The third-order valence-electron chi connectivity index (χ3n) is 7.02. The molecule has 3 heterocycles. The Morgan fingerprint density at radius 2 is 1.75 bits per heavy atom. The minimum absolute atomic E-state index is 0.0321. The first-order valence-corrected chi connectivity index (χ1v) is 11.8. The van der Waals surface area contributed by atoms with Gasteiger partial charge in [-0.25, -0.2) is 9.97 Å². The van der Waals surface area contributed by atoms with E-state index in [2.05, 4.69) is 14.7 Å². The van der Waals surface area contributed by atoms with E-state index in [1.807, 2.05) is 23.1 Å². The summed E-state index contributed by atoms with van der Waals surface area (Å²) in [6.07, 6.45) is 0.300. The first kappa shape index (κ1) is 22.8. The fourth-order valence-electron chi connectivity index (χ4n) is 5.03. The van der Waals surface area contributed by atoms with Crippen molar-refractivity contribution in [2.24, 2.45) is 0 Å². The maximum absolute atomic E-state index is 13.1. The van der Waals surface area contributed by atoms with Crippen molar-refractivity contribution in [2.75, 3.05) is 37.7 Å². The van der Waals surface area contributed by atoms with E-state index in [4.69, 9.17) is 4.74 Å². The largest absolute Gasteiger partial charge is 0.573 e. The summed E-state index contributed by atoms with van der Waals surface area (Å²) < 4.78 is 48.1. The Bertz CT molecular complexity index is 1300. The first-order valence-electron chi connectivity index (χ1n) is 11.8. The van der Waals surface area contributed by atoms with Crippen molar-refractivity contribution in [2.45, 2.75) is 24.6 Å². The van der Waals surface area contributed by atoms with Crippen molar-refractivity contribution in [3.63, 3.8) is 0 Å². The van der Waals surface area contributed by atoms with Crippen LogP contribution in [0.5, 0.6) is 5.75 Å². The molecule has 2 aliphatic heterocycles. The van der Waals surface area contributed by atoms with Gasteiger partial charge in [0.2, 0.25) is 5.95 Å². The lowest BCUT2D eigenvalue weighted by molar-refractivity contribution is -0.274. The van der Waals surface area contributed by atoms with Gasteiger partial charge in [-0.2, -0.15) is 0 Å². The molecule has 6 rings (SSSR count). The van der Waals surface area contributed by atoms with Gasteiger partial charge in [0.05, 0.1) is 13.2 Å². The monoisotopic (exact) mass is 496 g/mol. The number of aromatic nitrogens is 2. The average molecular weight is 496 g/mol. The average Bonchev–Trinajstić information content (AvgIpc) is 3.60. The summed E-state index contributed by atoms with van der Waals surface area (Å²) in [5.41, 5.74) is 3.38. The fraction of sp³-hybridized carbons (Fsp3) is 0.346. The quantitative estimate of drug-likeness (QED) is 0.522. The highest BCUT2D eigenvalue weighted by Gasteiger charge is 2.52. The molecule has 1 saturated heterocycles. The number of hydrogen-bond acceptors (Lipinski definition) is 6. The lowest BCUT2D eigenvalue weighted by Gasteiger charge is -2.27. The minimum atomic E-state index is -4.80. The van der Waals surface area contributed by atoms with E-state index in [0.717, 1.165) is 18.5 Å². The number of ether oxygens (including phenoxy) is 2. The molecule has 2 fully saturated rings. The maximum Gasteiger partial charge on any atom is 0.573 e. The van der Waals surface area contributed by atoms with Gasteiger partial charge in [0, 0.05) is 59.8 Å². The van der Waals surface area contributed by atoms with Crippen molar-refractivity contribution in [3.05, 3.63) is 66.0 Å². The number of anilines is 2. The zero-order valence-electron chi connectivity index (χ0n) is 19.3. The normalized spacial score (nSPS) is 18.3. The highest BCUT2D eigenvalue weighted by Crippen LogP contribution is 2.57. The zero-order valence-corrected chi connectivity index (χ0v) is 19.3. The predicted octanol–water partition coefficient (Wildman–Crippen LogP) is 4.70. The number of nitrogens with zero attached hydrogens (tertiary/aromatic N) is 4. The molecule has 7 nitrogen and oxygen atoms in total. The number of carbonyl (C=O) groups is 1. The molecule has 1 saturated carbocycles. The van der Waals surface area contributed by atoms with Gasteiger partial charge in [-0.05, 0) is 36.6 Å².